The minimum Gasteiger partial charge on any atom is -0.358 e. The van der Waals surface area contributed by atoms with E-state index < -0.39 is 29.2 Å². The van der Waals surface area contributed by atoms with Crippen LogP contribution >= 0.6 is 0 Å². The summed E-state index contributed by atoms with van der Waals surface area (Å²) in [6.07, 6.45) is -1.90. The SMILES string of the molecule is CC1(C)OC(C(OCc2ccccc2)(c2cc3ccccc3c3ccccc23)c2cc3ccccc3c3ccccc23)C(C(OCc2ccccc2)(c2cc3ccccc3c3ccccc23)c2cc3ccccc3c3ccccc23)O1. The molecule has 0 radical (unpaired) electrons. The molecule has 0 N–H and O–H groups in total. The molecule has 1 saturated heterocycles. The fourth-order valence-electron chi connectivity index (χ4n) is 13.7. The van der Waals surface area contributed by atoms with E-state index in [4.69, 9.17) is 18.9 Å². The molecular weight excluding hydrogens is 989 g/mol. The Kier molecular flexibility index (Phi) is 11.9. The minimum atomic E-state index is -1.47. The highest BCUT2D eigenvalue weighted by molar-refractivity contribution is 6.14. The van der Waals surface area contributed by atoms with E-state index >= 15 is 0 Å². The number of ether oxygens (including phenoxy) is 4. The van der Waals surface area contributed by atoms with E-state index in [0.717, 1.165) is 120 Å². The lowest BCUT2D eigenvalue weighted by atomic mass is 9.68. The molecule has 4 heteroatoms. The fraction of sp³-hybridized carbons (Fsp3) is 0.117. The molecule has 81 heavy (non-hydrogen) atoms. The van der Waals surface area contributed by atoms with Crippen LogP contribution < -0.4 is 0 Å². The summed E-state index contributed by atoms with van der Waals surface area (Å²) in [5.74, 6) is -1.21. The van der Waals surface area contributed by atoms with Gasteiger partial charge in [-0.2, -0.15) is 0 Å². The molecular formula is C77H58O4. The van der Waals surface area contributed by atoms with E-state index in [0.29, 0.717) is 0 Å². The Bertz CT molecular complexity index is 4180. The van der Waals surface area contributed by atoms with Crippen LogP contribution in [0, 0.1) is 0 Å². The Morgan fingerprint density at radius 1 is 0.284 bits per heavy atom. The predicted octanol–water partition coefficient (Wildman–Crippen LogP) is 19.1. The van der Waals surface area contributed by atoms with E-state index in [1.165, 1.54) is 0 Å². The van der Waals surface area contributed by atoms with Crippen LogP contribution in [0.5, 0.6) is 0 Å². The standard InChI is InChI=1S/C77H58O4/c1-75(2)80-73(76(78-49-51-25-5-3-6-26-51,69-45-53-29-9-13-33-57(53)61-37-17-21-41-65(61)69)70-46-54-30-10-14-34-58(54)62-38-18-22-42-66(62)70)74(81-75)77(79-50-52-27-7-4-8-28-52,71-47-55-31-11-15-35-59(55)63-39-19-23-43-67(63)71)72-48-56-32-12-16-36-60(56)64-40-20-24-44-68(64)72/h3-48,73-74H,49-50H2,1-2H3. The lowest BCUT2D eigenvalue weighted by Gasteiger charge is -2.48. The van der Waals surface area contributed by atoms with Crippen LogP contribution in [0.25, 0.3) is 86.2 Å². The largest absolute Gasteiger partial charge is 0.358 e. The van der Waals surface area contributed by atoms with Gasteiger partial charge in [0.15, 0.2) is 5.79 Å². The third kappa shape index (κ3) is 8.04. The van der Waals surface area contributed by atoms with Gasteiger partial charge >= 0.3 is 0 Å². The van der Waals surface area contributed by atoms with Crippen molar-refractivity contribution in [2.45, 2.75) is 56.3 Å². The predicted molar refractivity (Wildman–Crippen MR) is 334 cm³/mol. The van der Waals surface area contributed by atoms with Crippen molar-refractivity contribution in [3.8, 4) is 0 Å². The zero-order valence-corrected chi connectivity index (χ0v) is 45.3. The maximum absolute atomic E-state index is 8.39. The molecule has 1 heterocycles. The van der Waals surface area contributed by atoms with Crippen LogP contribution in [-0.2, 0) is 43.4 Å². The second-order valence-electron chi connectivity index (χ2n) is 22.3. The van der Waals surface area contributed by atoms with Crippen molar-refractivity contribution in [1.29, 1.82) is 0 Å². The van der Waals surface area contributed by atoms with Gasteiger partial charge in [0.25, 0.3) is 0 Å². The maximum atomic E-state index is 8.39. The highest BCUT2D eigenvalue weighted by Gasteiger charge is 2.64. The Morgan fingerprint density at radius 2 is 0.506 bits per heavy atom. The van der Waals surface area contributed by atoms with Gasteiger partial charge in [-0.05, 0) is 158 Å². The first-order valence-electron chi connectivity index (χ1n) is 28.2. The van der Waals surface area contributed by atoms with E-state index in [1.807, 2.05) is 0 Å². The summed E-state index contributed by atoms with van der Waals surface area (Å²) in [6.45, 7) is 4.62. The molecule has 390 valence electrons. The molecule has 1 fully saturated rings. The second-order valence-corrected chi connectivity index (χ2v) is 22.3. The van der Waals surface area contributed by atoms with Crippen molar-refractivity contribution in [3.63, 3.8) is 0 Å². The molecule has 2 unspecified atom stereocenters. The molecule has 0 aromatic heterocycles. The summed E-state index contributed by atoms with van der Waals surface area (Å²) in [7, 11) is 0. The van der Waals surface area contributed by atoms with Gasteiger partial charge in [0.05, 0.1) is 13.2 Å². The second kappa shape index (κ2) is 19.7. The first-order chi connectivity index (χ1) is 39.9. The first kappa shape index (κ1) is 49.1. The monoisotopic (exact) mass is 1050 g/mol. The summed E-state index contributed by atoms with van der Waals surface area (Å²) in [6, 6.07) is 101. The van der Waals surface area contributed by atoms with Crippen molar-refractivity contribution in [2.24, 2.45) is 0 Å². The summed E-state index contributed by atoms with van der Waals surface area (Å²) in [5, 5.41) is 17.7. The molecule has 0 aliphatic carbocycles. The van der Waals surface area contributed by atoms with E-state index in [1.54, 1.807) is 0 Å². The maximum Gasteiger partial charge on any atom is 0.164 e. The van der Waals surface area contributed by atoms with Gasteiger partial charge in [-0.3, -0.25) is 0 Å². The molecule has 2 atom stereocenters. The number of rotatable bonds is 12. The van der Waals surface area contributed by atoms with Crippen molar-refractivity contribution in [3.05, 3.63) is 312 Å². The molecule has 0 amide bonds. The van der Waals surface area contributed by atoms with Crippen molar-refractivity contribution < 1.29 is 18.9 Å². The number of hydrogen-bond acceptors (Lipinski definition) is 4. The van der Waals surface area contributed by atoms with Crippen molar-refractivity contribution in [1.82, 2.24) is 0 Å². The first-order valence-corrected chi connectivity index (χ1v) is 28.2. The summed E-state index contributed by atoms with van der Waals surface area (Å²) < 4.78 is 33.0. The Balaban J connectivity index is 1.16. The van der Waals surface area contributed by atoms with Crippen LogP contribution in [-0.4, -0.2) is 18.0 Å². The van der Waals surface area contributed by atoms with Crippen LogP contribution in [0.3, 0.4) is 0 Å². The molecule has 4 nitrogen and oxygen atoms in total. The quantitative estimate of drug-likeness (QED) is 0.114. The summed E-state index contributed by atoms with van der Waals surface area (Å²) in [5.41, 5.74) is 2.98. The van der Waals surface area contributed by atoms with Gasteiger partial charge in [0.2, 0.25) is 0 Å². The average molecular weight is 1050 g/mol. The molecule has 1 aliphatic rings. The number of benzene rings is 14. The lowest BCUT2D eigenvalue weighted by molar-refractivity contribution is -0.182. The summed E-state index contributed by atoms with van der Waals surface area (Å²) >= 11 is 0. The molecule has 0 spiro atoms. The molecule has 1 aliphatic heterocycles. The van der Waals surface area contributed by atoms with Gasteiger partial charge in [0, 0.05) is 0 Å². The van der Waals surface area contributed by atoms with Crippen LogP contribution in [0.1, 0.15) is 47.2 Å². The Labute approximate surface area is 471 Å². The third-order valence-electron chi connectivity index (χ3n) is 17.2. The van der Waals surface area contributed by atoms with Crippen LogP contribution in [0.15, 0.2) is 279 Å². The number of hydrogen-bond donors (Lipinski definition) is 0. The van der Waals surface area contributed by atoms with Crippen molar-refractivity contribution >= 4 is 86.2 Å². The highest BCUT2D eigenvalue weighted by Crippen LogP contribution is 2.59. The zero-order valence-electron chi connectivity index (χ0n) is 45.3. The highest BCUT2D eigenvalue weighted by atomic mass is 16.8. The topological polar surface area (TPSA) is 36.9 Å². The Hall–Kier alpha value is -9.00. The smallest absolute Gasteiger partial charge is 0.164 e. The van der Waals surface area contributed by atoms with Gasteiger partial charge in [-0.25, -0.2) is 0 Å². The molecule has 0 saturated carbocycles. The molecule has 14 aromatic carbocycles. The van der Waals surface area contributed by atoms with Gasteiger partial charge in [-0.15, -0.1) is 0 Å². The van der Waals surface area contributed by atoms with Crippen LogP contribution in [0.4, 0.5) is 0 Å². The van der Waals surface area contributed by atoms with Crippen molar-refractivity contribution in [2.75, 3.05) is 0 Å². The molecule has 15 rings (SSSR count). The van der Waals surface area contributed by atoms with Gasteiger partial charge in [-0.1, -0.05) is 255 Å². The molecule has 0 bridgehead atoms. The normalized spacial score (nSPS) is 15.7. The van der Waals surface area contributed by atoms with Crippen LogP contribution in [0.2, 0.25) is 0 Å². The minimum absolute atomic E-state index is 0.242. The average Bonchev–Trinajstić information content (AvgIpc) is 2.99. The Morgan fingerprint density at radius 3 is 0.778 bits per heavy atom. The van der Waals surface area contributed by atoms with Gasteiger partial charge < -0.3 is 18.9 Å². The third-order valence-corrected chi connectivity index (χ3v) is 17.2. The molecule has 14 aromatic rings. The van der Waals surface area contributed by atoms with Gasteiger partial charge in [0.1, 0.15) is 23.4 Å². The zero-order chi connectivity index (χ0) is 54.1. The number of fused-ring (bicyclic) bond motifs is 12. The fourth-order valence-corrected chi connectivity index (χ4v) is 13.7. The van der Waals surface area contributed by atoms with E-state index in [-0.39, 0.29) is 13.2 Å². The lowest BCUT2D eigenvalue weighted by Crippen LogP contribution is -2.57. The summed E-state index contributed by atoms with van der Waals surface area (Å²) in [4.78, 5) is 0. The van der Waals surface area contributed by atoms with E-state index in [9.17, 15) is 0 Å². The van der Waals surface area contributed by atoms with E-state index in [2.05, 4.69) is 293 Å².